The predicted octanol–water partition coefficient (Wildman–Crippen LogP) is 2.98. The number of ether oxygens (including phenoxy) is 1. The molecule has 2 saturated carbocycles. The van der Waals surface area contributed by atoms with Gasteiger partial charge in [0.05, 0.1) is 6.10 Å². The van der Waals surface area contributed by atoms with Crippen molar-refractivity contribution in [3.63, 3.8) is 0 Å². The Morgan fingerprint density at radius 2 is 2.08 bits per heavy atom. The van der Waals surface area contributed by atoms with Gasteiger partial charge in [-0.25, -0.2) is 0 Å². The summed E-state index contributed by atoms with van der Waals surface area (Å²) in [7, 11) is 0. The van der Waals surface area contributed by atoms with Crippen LogP contribution < -0.4 is 0 Å². The average Bonchev–Trinajstić information content (AvgIpc) is 2.80. The van der Waals surface area contributed by atoms with E-state index in [9.17, 15) is 0 Å². The molecule has 0 aromatic rings. The maximum absolute atomic E-state index is 5.86. The lowest BCUT2D eigenvalue weighted by atomic mass is 9.69. The Morgan fingerprint density at radius 3 is 2.50 bits per heavy atom. The Balaban J connectivity index is 1.74. The van der Waals surface area contributed by atoms with Crippen molar-refractivity contribution in [2.45, 2.75) is 44.0 Å². The Bertz CT molecular complexity index is 175. The molecule has 0 aromatic carbocycles. The number of hydrogen-bond donors (Lipinski definition) is 0. The van der Waals surface area contributed by atoms with E-state index in [0.29, 0.717) is 16.3 Å². The molecule has 0 heterocycles. The summed E-state index contributed by atoms with van der Waals surface area (Å²) in [5.74, 6) is 0.898. The van der Waals surface area contributed by atoms with Gasteiger partial charge in [0.25, 0.3) is 0 Å². The van der Waals surface area contributed by atoms with Gasteiger partial charge >= 0.3 is 0 Å². The normalized spacial score (nSPS) is 39.2. The first-order chi connectivity index (χ1) is 5.60. The molecular weight excluding hydrogens is 216 g/mol. The van der Waals surface area contributed by atoms with E-state index in [0.717, 1.165) is 12.5 Å². The molecule has 0 spiro atoms. The van der Waals surface area contributed by atoms with Crippen LogP contribution in [0.25, 0.3) is 0 Å². The quantitative estimate of drug-likeness (QED) is 0.681. The molecular formula is C10H17BrO. The van der Waals surface area contributed by atoms with E-state index in [2.05, 4.69) is 29.8 Å². The summed E-state index contributed by atoms with van der Waals surface area (Å²) in [4.78, 5) is 0.661. The van der Waals surface area contributed by atoms with E-state index < -0.39 is 0 Å². The van der Waals surface area contributed by atoms with E-state index in [1.54, 1.807) is 0 Å². The topological polar surface area (TPSA) is 9.23 Å². The fraction of sp³-hybridized carbons (Fsp3) is 1.00. The largest absolute Gasteiger partial charge is 0.377 e. The highest BCUT2D eigenvalue weighted by Crippen LogP contribution is 2.47. The zero-order chi connectivity index (χ0) is 8.77. The molecule has 2 heteroatoms. The van der Waals surface area contributed by atoms with Crippen LogP contribution in [0.2, 0.25) is 0 Å². The molecule has 0 bridgehead atoms. The average molecular weight is 233 g/mol. The van der Waals surface area contributed by atoms with E-state index in [1.165, 1.54) is 19.3 Å². The number of alkyl halides is 1. The predicted molar refractivity (Wildman–Crippen MR) is 53.6 cm³/mol. The minimum atomic E-state index is 0.356. The fourth-order valence-electron chi connectivity index (χ4n) is 1.66. The maximum atomic E-state index is 5.86. The Hall–Kier alpha value is 0.440. The highest BCUT2D eigenvalue weighted by molar-refractivity contribution is 9.09. The van der Waals surface area contributed by atoms with Crippen LogP contribution in [0.4, 0.5) is 0 Å². The summed E-state index contributed by atoms with van der Waals surface area (Å²) in [6, 6.07) is 0. The molecule has 2 aliphatic rings. The van der Waals surface area contributed by atoms with Crippen LogP contribution >= 0.6 is 15.9 Å². The van der Waals surface area contributed by atoms with E-state index in [4.69, 9.17) is 4.74 Å². The van der Waals surface area contributed by atoms with Crippen LogP contribution in [0, 0.1) is 11.3 Å². The Morgan fingerprint density at radius 1 is 1.42 bits per heavy atom. The van der Waals surface area contributed by atoms with Crippen LogP contribution in [0.1, 0.15) is 33.1 Å². The molecule has 0 radical (unpaired) electrons. The van der Waals surface area contributed by atoms with Gasteiger partial charge in [-0.15, -0.1) is 0 Å². The standard InChI is InChI=1S/C10H17BrO/c1-10(2)8(11)5-9(10)12-6-7-3-4-7/h7-9H,3-6H2,1-2H3. The van der Waals surface area contributed by atoms with Gasteiger partial charge in [-0.1, -0.05) is 29.8 Å². The minimum absolute atomic E-state index is 0.356. The van der Waals surface area contributed by atoms with Crippen LogP contribution in [0.15, 0.2) is 0 Å². The second kappa shape index (κ2) is 2.98. The maximum Gasteiger partial charge on any atom is 0.0647 e. The van der Waals surface area contributed by atoms with E-state index >= 15 is 0 Å². The zero-order valence-electron chi connectivity index (χ0n) is 7.85. The van der Waals surface area contributed by atoms with Gasteiger partial charge in [-0.05, 0) is 25.2 Å². The van der Waals surface area contributed by atoms with Gasteiger partial charge in [-0.2, -0.15) is 0 Å². The highest BCUT2D eigenvalue weighted by Gasteiger charge is 2.47. The molecule has 70 valence electrons. The lowest BCUT2D eigenvalue weighted by Crippen LogP contribution is -2.51. The van der Waals surface area contributed by atoms with Crippen molar-refractivity contribution in [2.75, 3.05) is 6.61 Å². The molecule has 0 aromatic heterocycles. The van der Waals surface area contributed by atoms with Crippen molar-refractivity contribution in [1.29, 1.82) is 0 Å². The summed E-state index contributed by atoms with van der Waals surface area (Å²) in [6.45, 7) is 5.58. The molecule has 2 aliphatic carbocycles. The number of hydrogen-bond acceptors (Lipinski definition) is 1. The van der Waals surface area contributed by atoms with Crippen molar-refractivity contribution in [3.05, 3.63) is 0 Å². The summed E-state index contributed by atoms with van der Waals surface area (Å²) in [5, 5.41) is 0. The molecule has 12 heavy (non-hydrogen) atoms. The molecule has 0 saturated heterocycles. The third kappa shape index (κ3) is 1.56. The summed E-state index contributed by atoms with van der Waals surface area (Å²) >= 11 is 3.66. The summed E-state index contributed by atoms with van der Waals surface area (Å²) in [6.07, 6.45) is 4.48. The van der Waals surface area contributed by atoms with Crippen molar-refractivity contribution in [2.24, 2.45) is 11.3 Å². The second-order valence-corrected chi connectivity index (χ2v) is 5.90. The SMILES string of the molecule is CC1(C)C(Br)CC1OCC1CC1. The van der Waals surface area contributed by atoms with Crippen molar-refractivity contribution in [1.82, 2.24) is 0 Å². The summed E-state index contributed by atoms with van der Waals surface area (Å²) < 4.78 is 5.86. The smallest absolute Gasteiger partial charge is 0.0647 e. The van der Waals surface area contributed by atoms with Crippen LogP contribution in [0.3, 0.4) is 0 Å². The van der Waals surface area contributed by atoms with Gasteiger partial charge in [0.15, 0.2) is 0 Å². The van der Waals surface area contributed by atoms with Crippen molar-refractivity contribution >= 4 is 15.9 Å². The van der Waals surface area contributed by atoms with Crippen LogP contribution in [-0.2, 0) is 4.74 Å². The molecule has 1 nitrogen and oxygen atoms in total. The first kappa shape index (κ1) is 9.01. The monoisotopic (exact) mass is 232 g/mol. The third-order valence-electron chi connectivity index (χ3n) is 3.29. The van der Waals surface area contributed by atoms with Gasteiger partial charge in [-0.3, -0.25) is 0 Å². The van der Waals surface area contributed by atoms with Gasteiger partial charge < -0.3 is 4.74 Å². The first-order valence-electron chi connectivity index (χ1n) is 4.86. The molecule has 2 unspecified atom stereocenters. The van der Waals surface area contributed by atoms with E-state index in [-0.39, 0.29) is 0 Å². The summed E-state index contributed by atoms with van der Waals surface area (Å²) in [5.41, 5.74) is 0.356. The minimum Gasteiger partial charge on any atom is -0.377 e. The molecule has 2 atom stereocenters. The second-order valence-electron chi connectivity index (χ2n) is 4.79. The number of halogens is 1. The molecule has 0 aliphatic heterocycles. The highest BCUT2D eigenvalue weighted by atomic mass is 79.9. The van der Waals surface area contributed by atoms with Gasteiger partial charge in [0, 0.05) is 16.8 Å². The van der Waals surface area contributed by atoms with Crippen LogP contribution in [0.5, 0.6) is 0 Å². The molecule has 2 rings (SSSR count). The Kier molecular flexibility index (Phi) is 2.24. The zero-order valence-corrected chi connectivity index (χ0v) is 9.43. The van der Waals surface area contributed by atoms with Crippen molar-refractivity contribution < 1.29 is 4.74 Å². The van der Waals surface area contributed by atoms with E-state index in [1.807, 2.05) is 0 Å². The van der Waals surface area contributed by atoms with Crippen molar-refractivity contribution in [3.8, 4) is 0 Å². The van der Waals surface area contributed by atoms with Gasteiger partial charge in [0.2, 0.25) is 0 Å². The molecule has 0 N–H and O–H groups in total. The fourth-order valence-corrected chi connectivity index (χ4v) is 2.29. The molecule has 2 fully saturated rings. The lowest BCUT2D eigenvalue weighted by Gasteiger charge is -2.48. The lowest BCUT2D eigenvalue weighted by molar-refractivity contribution is -0.0882. The van der Waals surface area contributed by atoms with Gasteiger partial charge in [0.1, 0.15) is 0 Å². The first-order valence-corrected chi connectivity index (χ1v) is 5.78. The third-order valence-corrected chi connectivity index (χ3v) is 4.84. The molecule has 0 amide bonds. The number of rotatable bonds is 3. The Labute approximate surface area is 83.0 Å². The van der Waals surface area contributed by atoms with Crippen LogP contribution in [-0.4, -0.2) is 17.5 Å².